The molecule has 1 aromatic rings. The van der Waals surface area contributed by atoms with Crippen molar-refractivity contribution in [1.29, 1.82) is 0 Å². The largest absolute Gasteiger partial charge is 0.465 e. The molecule has 0 aliphatic heterocycles. The van der Waals surface area contributed by atoms with Crippen molar-refractivity contribution in [3.63, 3.8) is 0 Å². The minimum absolute atomic E-state index is 0.0545. The molecule has 0 bridgehead atoms. The first-order valence-corrected chi connectivity index (χ1v) is 9.08. The van der Waals surface area contributed by atoms with Crippen molar-refractivity contribution in [3.8, 4) is 0 Å². The van der Waals surface area contributed by atoms with Crippen LogP contribution in [0.4, 0.5) is 5.69 Å². The summed E-state index contributed by atoms with van der Waals surface area (Å²) >= 11 is 3.22. The molecule has 1 rings (SSSR count). The molecule has 116 valence electrons. The van der Waals surface area contributed by atoms with Gasteiger partial charge in [-0.1, -0.05) is 15.9 Å². The highest BCUT2D eigenvalue weighted by molar-refractivity contribution is 9.09. The van der Waals surface area contributed by atoms with E-state index in [-0.39, 0.29) is 22.1 Å². The lowest BCUT2D eigenvalue weighted by atomic mass is 10.2. The molecule has 1 amide bonds. The Morgan fingerprint density at radius 3 is 2.48 bits per heavy atom. The number of nitrogens with one attached hydrogen (secondary N) is 1. The fourth-order valence-electron chi connectivity index (χ4n) is 1.57. The van der Waals surface area contributed by atoms with Gasteiger partial charge in [0.1, 0.15) is 0 Å². The predicted molar refractivity (Wildman–Crippen MR) is 82.5 cm³/mol. The molecule has 0 fully saturated rings. The first-order valence-electron chi connectivity index (χ1n) is 6.07. The number of amides is 1. The van der Waals surface area contributed by atoms with Crippen LogP contribution in [0.25, 0.3) is 0 Å². The molecule has 8 heteroatoms. The molecule has 0 aromatic heterocycles. The summed E-state index contributed by atoms with van der Waals surface area (Å²) in [7, 11) is -2.31. The van der Waals surface area contributed by atoms with Gasteiger partial charge in [0.05, 0.1) is 17.6 Å². The highest BCUT2D eigenvalue weighted by Gasteiger charge is 2.15. The number of hydrogen-bond acceptors (Lipinski definition) is 5. The molecule has 1 aromatic carbocycles. The lowest BCUT2D eigenvalue weighted by Crippen LogP contribution is -2.13. The molecule has 0 aliphatic rings. The molecule has 0 atom stereocenters. The highest BCUT2D eigenvalue weighted by atomic mass is 79.9. The number of benzene rings is 1. The molecule has 21 heavy (non-hydrogen) atoms. The van der Waals surface area contributed by atoms with Crippen LogP contribution in [0, 0.1) is 0 Å². The minimum Gasteiger partial charge on any atom is -0.465 e. The lowest BCUT2D eigenvalue weighted by molar-refractivity contribution is -0.116. The van der Waals surface area contributed by atoms with Gasteiger partial charge in [-0.15, -0.1) is 0 Å². The van der Waals surface area contributed by atoms with Crippen molar-refractivity contribution in [2.24, 2.45) is 0 Å². The fourth-order valence-corrected chi connectivity index (χ4v) is 2.53. The quantitative estimate of drug-likeness (QED) is 0.604. The number of sulfone groups is 1. The number of anilines is 1. The zero-order valence-corrected chi connectivity index (χ0v) is 14.1. The van der Waals surface area contributed by atoms with Crippen molar-refractivity contribution in [2.75, 3.05) is 24.0 Å². The van der Waals surface area contributed by atoms with Crippen LogP contribution in [-0.4, -0.2) is 39.0 Å². The first kappa shape index (κ1) is 17.6. The van der Waals surface area contributed by atoms with E-state index in [0.717, 1.165) is 6.26 Å². The van der Waals surface area contributed by atoms with E-state index in [2.05, 4.69) is 26.0 Å². The van der Waals surface area contributed by atoms with Crippen LogP contribution >= 0.6 is 15.9 Å². The van der Waals surface area contributed by atoms with E-state index in [4.69, 9.17) is 0 Å². The second kappa shape index (κ2) is 7.56. The van der Waals surface area contributed by atoms with Gasteiger partial charge >= 0.3 is 5.97 Å². The summed E-state index contributed by atoms with van der Waals surface area (Å²) in [5, 5.41) is 3.27. The van der Waals surface area contributed by atoms with E-state index >= 15 is 0 Å². The van der Waals surface area contributed by atoms with Crippen molar-refractivity contribution in [2.45, 2.75) is 17.7 Å². The first-order chi connectivity index (χ1) is 9.77. The van der Waals surface area contributed by atoms with Gasteiger partial charge in [0.25, 0.3) is 0 Å². The normalized spacial score (nSPS) is 11.0. The Morgan fingerprint density at radius 1 is 1.29 bits per heavy atom. The Hall–Kier alpha value is -1.41. The number of alkyl halides is 1. The molecule has 0 aliphatic carbocycles. The van der Waals surface area contributed by atoms with Gasteiger partial charge in [0.2, 0.25) is 5.91 Å². The maximum atomic E-state index is 11.7. The van der Waals surface area contributed by atoms with Crippen LogP contribution in [0.3, 0.4) is 0 Å². The molecule has 0 saturated carbocycles. The van der Waals surface area contributed by atoms with Crippen LogP contribution in [0.2, 0.25) is 0 Å². The van der Waals surface area contributed by atoms with E-state index < -0.39 is 15.8 Å². The zero-order valence-electron chi connectivity index (χ0n) is 11.7. The number of carbonyl (C=O) groups excluding carboxylic acids is 2. The molecule has 0 unspecified atom stereocenters. The van der Waals surface area contributed by atoms with Crippen LogP contribution in [0.15, 0.2) is 23.1 Å². The SMILES string of the molecule is COC(=O)c1cc(NC(=O)CCCBr)cc(S(C)(=O)=O)c1. The second-order valence-electron chi connectivity index (χ2n) is 4.35. The van der Waals surface area contributed by atoms with Gasteiger partial charge in [-0.25, -0.2) is 13.2 Å². The average molecular weight is 378 g/mol. The third-order valence-corrected chi connectivity index (χ3v) is 4.23. The molecule has 6 nitrogen and oxygen atoms in total. The smallest absolute Gasteiger partial charge is 0.337 e. The Balaban J connectivity index is 3.14. The molecular formula is C13H16BrNO5S. The van der Waals surface area contributed by atoms with Gasteiger partial charge < -0.3 is 10.1 Å². The Labute approximate surface area is 131 Å². The Bertz CT molecular complexity index is 642. The molecule has 1 N–H and O–H groups in total. The lowest BCUT2D eigenvalue weighted by Gasteiger charge is -2.09. The van der Waals surface area contributed by atoms with Crippen molar-refractivity contribution >= 4 is 43.3 Å². The summed E-state index contributed by atoms with van der Waals surface area (Å²) in [6.07, 6.45) is 1.98. The number of esters is 1. The summed E-state index contributed by atoms with van der Waals surface area (Å²) in [6, 6.07) is 3.91. The standard InChI is InChI=1S/C13H16BrNO5S/c1-20-13(17)9-6-10(15-12(16)4-3-5-14)8-11(7-9)21(2,18)19/h6-8H,3-5H2,1-2H3,(H,15,16). The Morgan fingerprint density at radius 2 is 1.95 bits per heavy atom. The number of rotatable bonds is 6. The predicted octanol–water partition coefficient (Wildman–Crippen LogP) is 1.99. The second-order valence-corrected chi connectivity index (χ2v) is 7.16. The van der Waals surface area contributed by atoms with Gasteiger partial charge in [-0.2, -0.15) is 0 Å². The van der Waals surface area contributed by atoms with Crippen molar-refractivity contribution in [1.82, 2.24) is 0 Å². The van der Waals surface area contributed by atoms with Gasteiger partial charge in [0, 0.05) is 23.7 Å². The maximum absolute atomic E-state index is 11.7. The summed E-state index contributed by atoms with van der Waals surface area (Å²) in [5.41, 5.74) is 0.314. The third-order valence-electron chi connectivity index (χ3n) is 2.58. The number of carbonyl (C=O) groups is 2. The number of hydrogen-bond donors (Lipinski definition) is 1. The van der Waals surface area contributed by atoms with E-state index in [1.54, 1.807) is 0 Å². The minimum atomic E-state index is -3.51. The number of methoxy groups -OCH3 is 1. The van der Waals surface area contributed by atoms with E-state index in [0.29, 0.717) is 18.2 Å². The topological polar surface area (TPSA) is 89.5 Å². The van der Waals surface area contributed by atoms with Crippen molar-refractivity contribution in [3.05, 3.63) is 23.8 Å². The van der Waals surface area contributed by atoms with Crippen LogP contribution in [0.5, 0.6) is 0 Å². The molecule has 0 radical (unpaired) electrons. The number of halogens is 1. The third kappa shape index (κ3) is 5.47. The van der Waals surface area contributed by atoms with E-state index in [1.807, 2.05) is 0 Å². The monoisotopic (exact) mass is 377 g/mol. The van der Waals surface area contributed by atoms with Gasteiger partial charge in [0.15, 0.2) is 9.84 Å². The average Bonchev–Trinajstić information content (AvgIpc) is 2.42. The van der Waals surface area contributed by atoms with E-state index in [1.165, 1.54) is 25.3 Å². The summed E-state index contributed by atoms with van der Waals surface area (Å²) in [4.78, 5) is 23.2. The van der Waals surface area contributed by atoms with Crippen molar-refractivity contribution < 1.29 is 22.7 Å². The molecule has 0 saturated heterocycles. The fraction of sp³-hybridized carbons (Fsp3) is 0.385. The highest BCUT2D eigenvalue weighted by Crippen LogP contribution is 2.20. The zero-order chi connectivity index (χ0) is 16.0. The maximum Gasteiger partial charge on any atom is 0.337 e. The van der Waals surface area contributed by atoms with Crippen LogP contribution < -0.4 is 5.32 Å². The molecular weight excluding hydrogens is 362 g/mol. The van der Waals surface area contributed by atoms with Gasteiger partial charge in [-0.05, 0) is 24.6 Å². The van der Waals surface area contributed by atoms with Crippen LogP contribution in [0.1, 0.15) is 23.2 Å². The van der Waals surface area contributed by atoms with E-state index in [9.17, 15) is 18.0 Å². The van der Waals surface area contributed by atoms with Gasteiger partial charge in [-0.3, -0.25) is 4.79 Å². The summed E-state index contributed by atoms with van der Waals surface area (Å²) in [5.74, 6) is -0.924. The summed E-state index contributed by atoms with van der Waals surface area (Å²) < 4.78 is 27.8. The Kier molecular flexibility index (Phi) is 6.35. The number of ether oxygens (including phenoxy) is 1. The molecule has 0 spiro atoms. The van der Waals surface area contributed by atoms with Crippen LogP contribution in [-0.2, 0) is 19.4 Å². The summed E-state index contributed by atoms with van der Waals surface area (Å²) in [6.45, 7) is 0. The molecule has 0 heterocycles.